The van der Waals surface area contributed by atoms with Gasteiger partial charge in [0, 0.05) is 18.1 Å². The third kappa shape index (κ3) is 4.49. The van der Waals surface area contributed by atoms with Crippen molar-refractivity contribution in [3.05, 3.63) is 53.9 Å². The fourth-order valence-electron chi connectivity index (χ4n) is 1.96. The average Bonchev–Trinajstić information content (AvgIpc) is 2.47. The number of carbonyl (C=O) groups excluding carboxylic acids is 1. The number of aromatic nitrogens is 1. The maximum Gasteiger partial charge on any atom is 0.319 e. The standard InChI is InChI=1S/C16H19N3O2/c1-12-4-3-5-13(2)15(12)21-11-10-18-16(20)19-14-6-8-17-9-7-14/h3-9H,10-11H2,1-2H3,(H2,17,18,19,20). The third-order valence-corrected chi connectivity index (χ3v) is 2.98. The number of amides is 2. The Balaban J connectivity index is 1.74. The second kappa shape index (κ2) is 7.28. The second-order valence-corrected chi connectivity index (χ2v) is 4.69. The topological polar surface area (TPSA) is 63.2 Å². The Morgan fingerprint density at radius 1 is 1.14 bits per heavy atom. The number of ether oxygens (including phenoxy) is 1. The lowest BCUT2D eigenvalue weighted by atomic mass is 10.1. The van der Waals surface area contributed by atoms with Crippen molar-refractivity contribution >= 4 is 11.7 Å². The van der Waals surface area contributed by atoms with Gasteiger partial charge in [0.25, 0.3) is 0 Å². The SMILES string of the molecule is Cc1cccc(C)c1OCCNC(=O)Nc1ccncc1. The molecule has 0 radical (unpaired) electrons. The first kappa shape index (κ1) is 14.8. The summed E-state index contributed by atoms with van der Waals surface area (Å²) < 4.78 is 5.72. The molecule has 0 bridgehead atoms. The lowest BCUT2D eigenvalue weighted by Gasteiger charge is -2.12. The predicted octanol–water partition coefficient (Wildman–Crippen LogP) is 2.90. The van der Waals surface area contributed by atoms with E-state index in [-0.39, 0.29) is 6.03 Å². The van der Waals surface area contributed by atoms with Gasteiger partial charge in [-0.3, -0.25) is 4.98 Å². The molecule has 1 aromatic carbocycles. The fraction of sp³-hybridized carbons (Fsp3) is 0.250. The summed E-state index contributed by atoms with van der Waals surface area (Å²) in [5.74, 6) is 0.883. The molecule has 2 aromatic rings. The predicted molar refractivity (Wildman–Crippen MR) is 82.7 cm³/mol. The molecule has 0 saturated carbocycles. The number of benzene rings is 1. The van der Waals surface area contributed by atoms with Crippen molar-refractivity contribution in [2.45, 2.75) is 13.8 Å². The van der Waals surface area contributed by atoms with Crippen LogP contribution in [0.5, 0.6) is 5.75 Å². The summed E-state index contributed by atoms with van der Waals surface area (Å²) in [5, 5.41) is 5.46. The third-order valence-electron chi connectivity index (χ3n) is 2.98. The van der Waals surface area contributed by atoms with Gasteiger partial charge in [-0.25, -0.2) is 4.79 Å². The van der Waals surface area contributed by atoms with Crippen molar-refractivity contribution in [1.82, 2.24) is 10.3 Å². The van der Waals surface area contributed by atoms with Gasteiger partial charge in [-0.1, -0.05) is 18.2 Å². The van der Waals surface area contributed by atoms with Crippen molar-refractivity contribution in [1.29, 1.82) is 0 Å². The van der Waals surface area contributed by atoms with Crippen molar-refractivity contribution in [2.24, 2.45) is 0 Å². The first-order chi connectivity index (χ1) is 10.2. The molecule has 0 atom stereocenters. The van der Waals surface area contributed by atoms with E-state index >= 15 is 0 Å². The summed E-state index contributed by atoms with van der Waals surface area (Å²) in [6, 6.07) is 9.21. The highest BCUT2D eigenvalue weighted by Gasteiger charge is 2.04. The molecule has 5 heteroatoms. The van der Waals surface area contributed by atoms with E-state index < -0.39 is 0 Å². The number of para-hydroxylation sites is 1. The molecule has 0 unspecified atom stereocenters. The number of anilines is 1. The molecule has 5 nitrogen and oxygen atoms in total. The molecule has 1 heterocycles. The summed E-state index contributed by atoms with van der Waals surface area (Å²) in [6.45, 7) is 4.87. The summed E-state index contributed by atoms with van der Waals surface area (Å²) in [7, 11) is 0. The van der Waals surface area contributed by atoms with E-state index in [0.717, 1.165) is 16.9 Å². The zero-order chi connectivity index (χ0) is 15.1. The summed E-state index contributed by atoms with van der Waals surface area (Å²) >= 11 is 0. The number of carbonyl (C=O) groups is 1. The first-order valence-corrected chi connectivity index (χ1v) is 6.80. The van der Waals surface area contributed by atoms with E-state index in [1.165, 1.54) is 0 Å². The maximum atomic E-state index is 11.7. The van der Waals surface area contributed by atoms with Crippen molar-refractivity contribution < 1.29 is 9.53 Å². The summed E-state index contributed by atoms with van der Waals surface area (Å²) in [5.41, 5.74) is 2.89. The van der Waals surface area contributed by atoms with Crippen molar-refractivity contribution in [2.75, 3.05) is 18.5 Å². The molecule has 21 heavy (non-hydrogen) atoms. The number of hydrogen-bond donors (Lipinski definition) is 2. The minimum atomic E-state index is -0.258. The quantitative estimate of drug-likeness (QED) is 0.830. The highest BCUT2D eigenvalue weighted by atomic mass is 16.5. The number of rotatable bonds is 5. The number of hydrogen-bond acceptors (Lipinski definition) is 3. The molecule has 0 aliphatic heterocycles. The average molecular weight is 285 g/mol. The van der Waals surface area contributed by atoms with Crippen LogP contribution in [0.1, 0.15) is 11.1 Å². The van der Waals surface area contributed by atoms with Crippen LogP contribution in [0.4, 0.5) is 10.5 Å². The van der Waals surface area contributed by atoms with E-state index in [1.807, 2.05) is 32.0 Å². The molecule has 0 saturated heterocycles. The van der Waals surface area contributed by atoms with Gasteiger partial charge in [-0.05, 0) is 37.1 Å². The van der Waals surface area contributed by atoms with Gasteiger partial charge in [-0.15, -0.1) is 0 Å². The normalized spacial score (nSPS) is 10.0. The minimum Gasteiger partial charge on any atom is -0.491 e. The van der Waals surface area contributed by atoms with Gasteiger partial charge < -0.3 is 15.4 Å². The molecule has 0 spiro atoms. The molecule has 0 aliphatic carbocycles. The Kier molecular flexibility index (Phi) is 5.15. The van der Waals surface area contributed by atoms with Crippen LogP contribution in [0.2, 0.25) is 0 Å². The van der Waals surface area contributed by atoms with Gasteiger partial charge >= 0.3 is 6.03 Å². The number of pyridine rings is 1. The Morgan fingerprint density at radius 2 is 1.81 bits per heavy atom. The van der Waals surface area contributed by atoms with Crippen LogP contribution in [0.15, 0.2) is 42.7 Å². The van der Waals surface area contributed by atoms with Crippen LogP contribution in [-0.4, -0.2) is 24.2 Å². The molecule has 0 fully saturated rings. The molecule has 2 N–H and O–H groups in total. The molecule has 2 rings (SSSR count). The molecule has 2 amide bonds. The summed E-state index contributed by atoms with van der Waals surface area (Å²) in [4.78, 5) is 15.5. The van der Waals surface area contributed by atoms with Crippen molar-refractivity contribution in [3.63, 3.8) is 0 Å². The van der Waals surface area contributed by atoms with Crippen molar-refractivity contribution in [3.8, 4) is 5.75 Å². The second-order valence-electron chi connectivity index (χ2n) is 4.69. The zero-order valence-corrected chi connectivity index (χ0v) is 12.2. The number of nitrogens with one attached hydrogen (secondary N) is 2. The van der Waals surface area contributed by atoms with Gasteiger partial charge in [-0.2, -0.15) is 0 Å². The van der Waals surface area contributed by atoms with Gasteiger partial charge in [0.1, 0.15) is 12.4 Å². The van der Waals surface area contributed by atoms with Crippen LogP contribution in [-0.2, 0) is 0 Å². The monoisotopic (exact) mass is 285 g/mol. The number of urea groups is 1. The highest BCUT2D eigenvalue weighted by molar-refractivity contribution is 5.89. The Labute approximate surface area is 124 Å². The lowest BCUT2D eigenvalue weighted by molar-refractivity contribution is 0.247. The van der Waals surface area contributed by atoms with Crippen LogP contribution in [0, 0.1) is 13.8 Å². The van der Waals surface area contributed by atoms with E-state index in [0.29, 0.717) is 18.8 Å². The van der Waals surface area contributed by atoms with E-state index in [1.54, 1.807) is 24.5 Å². The lowest BCUT2D eigenvalue weighted by Crippen LogP contribution is -2.32. The largest absolute Gasteiger partial charge is 0.491 e. The molecule has 1 aromatic heterocycles. The van der Waals surface area contributed by atoms with Gasteiger partial charge in [0.15, 0.2) is 0 Å². The van der Waals surface area contributed by atoms with Crippen LogP contribution >= 0.6 is 0 Å². The van der Waals surface area contributed by atoms with Crippen LogP contribution < -0.4 is 15.4 Å². The molecular weight excluding hydrogens is 266 g/mol. The van der Waals surface area contributed by atoms with Gasteiger partial charge in [0.2, 0.25) is 0 Å². The zero-order valence-electron chi connectivity index (χ0n) is 12.2. The van der Waals surface area contributed by atoms with Gasteiger partial charge in [0.05, 0.1) is 6.54 Å². The number of nitrogens with zero attached hydrogens (tertiary/aromatic N) is 1. The van der Waals surface area contributed by atoms with Crippen LogP contribution in [0.25, 0.3) is 0 Å². The molecular formula is C16H19N3O2. The Morgan fingerprint density at radius 3 is 2.48 bits per heavy atom. The van der Waals surface area contributed by atoms with E-state index in [2.05, 4.69) is 15.6 Å². The fourth-order valence-corrected chi connectivity index (χ4v) is 1.96. The maximum absolute atomic E-state index is 11.7. The highest BCUT2D eigenvalue weighted by Crippen LogP contribution is 2.21. The smallest absolute Gasteiger partial charge is 0.319 e. The Bertz CT molecular complexity index is 579. The first-order valence-electron chi connectivity index (χ1n) is 6.80. The number of aryl methyl sites for hydroxylation is 2. The van der Waals surface area contributed by atoms with E-state index in [9.17, 15) is 4.79 Å². The Hall–Kier alpha value is -2.56. The molecule has 110 valence electrons. The minimum absolute atomic E-state index is 0.258. The van der Waals surface area contributed by atoms with Crippen LogP contribution in [0.3, 0.4) is 0 Å². The molecule has 0 aliphatic rings. The summed E-state index contributed by atoms with van der Waals surface area (Å²) in [6.07, 6.45) is 3.25. The van der Waals surface area contributed by atoms with E-state index in [4.69, 9.17) is 4.74 Å².